The number of carbonyl (C=O) groups excluding carboxylic acids is 1. The number of hydrogen-bond acceptors (Lipinski definition) is 5. The van der Waals surface area contributed by atoms with Crippen LogP contribution in [0.1, 0.15) is 10.5 Å². The minimum atomic E-state index is -0.474. The van der Waals surface area contributed by atoms with Crippen LogP contribution in [0.15, 0.2) is 36.9 Å². The first kappa shape index (κ1) is 10.2. The summed E-state index contributed by atoms with van der Waals surface area (Å²) < 4.78 is 4.59. The van der Waals surface area contributed by atoms with Gasteiger partial charge in [0, 0.05) is 18.0 Å². The summed E-state index contributed by atoms with van der Waals surface area (Å²) in [7, 11) is 1.32. The van der Waals surface area contributed by atoms with E-state index in [2.05, 4.69) is 19.7 Å². The fraction of sp³-hybridized carbons (Fsp3) is 0.0909. The van der Waals surface area contributed by atoms with Crippen molar-refractivity contribution in [2.75, 3.05) is 7.11 Å². The lowest BCUT2D eigenvalue weighted by Crippen LogP contribution is -2.04. The Hall–Kier alpha value is -2.30. The lowest BCUT2D eigenvalue weighted by molar-refractivity contribution is 0.0594. The number of ether oxygens (including phenoxy) is 1. The molecule has 0 aliphatic carbocycles. The number of hydrogen-bond donors (Lipinski definition) is 0. The molecule has 80 valence electrons. The maximum absolute atomic E-state index is 11.3. The van der Waals surface area contributed by atoms with Crippen LogP contribution in [0.3, 0.4) is 0 Å². The van der Waals surface area contributed by atoms with Crippen molar-refractivity contribution in [1.82, 2.24) is 15.0 Å². The fourth-order valence-corrected chi connectivity index (χ4v) is 1.25. The Bertz CT molecular complexity index is 500. The van der Waals surface area contributed by atoms with Crippen LogP contribution >= 0.6 is 0 Å². The summed E-state index contributed by atoms with van der Waals surface area (Å²) in [6, 6.07) is 5.20. The van der Waals surface area contributed by atoms with Gasteiger partial charge >= 0.3 is 5.97 Å². The average molecular weight is 215 g/mol. The molecule has 2 aromatic heterocycles. The van der Waals surface area contributed by atoms with Gasteiger partial charge in [0.1, 0.15) is 6.33 Å². The van der Waals surface area contributed by atoms with E-state index >= 15 is 0 Å². The Morgan fingerprint density at radius 1 is 1.25 bits per heavy atom. The van der Waals surface area contributed by atoms with Gasteiger partial charge in [0.2, 0.25) is 0 Å². The molecule has 5 heteroatoms. The maximum Gasteiger partial charge on any atom is 0.356 e. The lowest BCUT2D eigenvalue weighted by atomic mass is 10.2. The molecule has 0 amide bonds. The number of nitrogens with zero attached hydrogens (tertiary/aromatic N) is 3. The molecule has 0 spiro atoms. The number of rotatable bonds is 2. The van der Waals surface area contributed by atoms with E-state index in [1.165, 1.54) is 13.4 Å². The summed E-state index contributed by atoms with van der Waals surface area (Å²) in [5.41, 5.74) is 1.78. The number of carbonyl (C=O) groups is 1. The van der Waals surface area contributed by atoms with Gasteiger partial charge in [-0.3, -0.25) is 4.98 Å². The van der Waals surface area contributed by atoms with E-state index in [0.717, 1.165) is 5.56 Å². The zero-order valence-electron chi connectivity index (χ0n) is 8.62. The van der Waals surface area contributed by atoms with Gasteiger partial charge in [-0.2, -0.15) is 0 Å². The minimum Gasteiger partial charge on any atom is -0.464 e. The first-order valence-corrected chi connectivity index (χ1v) is 4.62. The molecular weight excluding hydrogens is 206 g/mol. The van der Waals surface area contributed by atoms with Gasteiger partial charge in [-0.15, -0.1) is 0 Å². The molecule has 0 bridgehead atoms. The van der Waals surface area contributed by atoms with E-state index in [9.17, 15) is 4.79 Å². The number of esters is 1. The van der Waals surface area contributed by atoms with E-state index < -0.39 is 5.97 Å². The molecule has 0 aliphatic rings. The second-order valence-corrected chi connectivity index (χ2v) is 3.02. The SMILES string of the molecule is COC(=O)c1cc(-c2ccncc2)ncn1. The number of methoxy groups -OCH3 is 1. The van der Waals surface area contributed by atoms with Crippen LogP contribution in [0.2, 0.25) is 0 Å². The van der Waals surface area contributed by atoms with Crippen molar-refractivity contribution in [3.05, 3.63) is 42.6 Å². The Balaban J connectivity index is 2.40. The van der Waals surface area contributed by atoms with Crippen LogP contribution in [0, 0.1) is 0 Å². The highest BCUT2D eigenvalue weighted by Gasteiger charge is 2.08. The maximum atomic E-state index is 11.3. The topological polar surface area (TPSA) is 65.0 Å². The summed E-state index contributed by atoms with van der Waals surface area (Å²) in [6.45, 7) is 0. The van der Waals surface area contributed by atoms with Crippen LogP contribution in [0.25, 0.3) is 11.3 Å². The molecule has 0 N–H and O–H groups in total. The molecule has 0 atom stereocenters. The average Bonchev–Trinajstić information content (AvgIpc) is 2.39. The molecule has 2 rings (SSSR count). The van der Waals surface area contributed by atoms with E-state index in [0.29, 0.717) is 5.69 Å². The van der Waals surface area contributed by atoms with Gasteiger partial charge in [0.25, 0.3) is 0 Å². The molecule has 16 heavy (non-hydrogen) atoms. The lowest BCUT2D eigenvalue weighted by Gasteiger charge is -2.01. The van der Waals surface area contributed by atoms with Crippen LogP contribution in [0.4, 0.5) is 0 Å². The number of aromatic nitrogens is 3. The summed E-state index contributed by atoms with van der Waals surface area (Å²) >= 11 is 0. The fourth-order valence-electron chi connectivity index (χ4n) is 1.25. The Morgan fingerprint density at radius 3 is 2.69 bits per heavy atom. The van der Waals surface area contributed by atoms with Crippen molar-refractivity contribution in [1.29, 1.82) is 0 Å². The summed E-state index contributed by atoms with van der Waals surface area (Å²) in [4.78, 5) is 23.1. The van der Waals surface area contributed by atoms with Gasteiger partial charge in [0.05, 0.1) is 12.8 Å². The summed E-state index contributed by atoms with van der Waals surface area (Å²) in [6.07, 6.45) is 4.66. The van der Waals surface area contributed by atoms with Crippen molar-refractivity contribution in [2.45, 2.75) is 0 Å². The molecular formula is C11H9N3O2. The summed E-state index contributed by atoms with van der Waals surface area (Å²) in [5.74, 6) is -0.474. The molecule has 0 aromatic carbocycles. The normalized spacial score (nSPS) is 9.81. The third-order valence-electron chi connectivity index (χ3n) is 2.04. The van der Waals surface area contributed by atoms with Crippen molar-refractivity contribution in [3.8, 4) is 11.3 Å². The van der Waals surface area contributed by atoms with Crippen molar-refractivity contribution in [2.24, 2.45) is 0 Å². The van der Waals surface area contributed by atoms with Gasteiger partial charge < -0.3 is 4.74 Å². The predicted octanol–water partition coefficient (Wildman–Crippen LogP) is 1.33. The molecule has 0 aliphatic heterocycles. The Morgan fingerprint density at radius 2 is 2.00 bits per heavy atom. The summed E-state index contributed by atoms with van der Waals surface area (Å²) in [5, 5.41) is 0. The zero-order chi connectivity index (χ0) is 11.4. The molecule has 2 aromatic rings. The highest BCUT2D eigenvalue weighted by atomic mass is 16.5. The Labute approximate surface area is 92.2 Å². The highest BCUT2D eigenvalue weighted by molar-refractivity contribution is 5.88. The monoisotopic (exact) mass is 215 g/mol. The quantitative estimate of drug-likeness (QED) is 0.707. The van der Waals surface area contributed by atoms with Crippen LogP contribution in [0.5, 0.6) is 0 Å². The molecule has 0 fully saturated rings. The van der Waals surface area contributed by atoms with Gasteiger partial charge in [0.15, 0.2) is 5.69 Å². The van der Waals surface area contributed by atoms with Crippen molar-refractivity contribution >= 4 is 5.97 Å². The van der Waals surface area contributed by atoms with Crippen molar-refractivity contribution in [3.63, 3.8) is 0 Å². The molecule has 0 unspecified atom stereocenters. The number of pyridine rings is 1. The third-order valence-corrected chi connectivity index (χ3v) is 2.04. The predicted molar refractivity (Wildman–Crippen MR) is 56.6 cm³/mol. The largest absolute Gasteiger partial charge is 0.464 e. The van der Waals surface area contributed by atoms with Gasteiger partial charge in [-0.25, -0.2) is 14.8 Å². The first-order valence-electron chi connectivity index (χ1n) is 4.62. The van der Waals surface area contributed by atoms with Gasteiger partial charge in [-0.05, 0) is 18.2 Å². The third kappa shape index (κ3) is 2.03. The van der Waals surface area contributed by atoms with E-state index in [-0.39, 0.29) is 5.69 Å². The Kier molecular flexibility index (Phi) is 2.86. The van der Waals surface area contributed by atoms with E-state index in [4.69, 9.17) is 0 Å². The van der Waals surface area contributed by atoms with E-state index in [1.54, 1.807) is 18.5 Å². The zero-order valence-corrected chi connectivity index (χ0v) is 8.62. The smallest absolute Gasteiger partial charge is 0.356 e. The standard InChI is InChI=1S/C11H9N3O2/c1-16-11(15)10-6-9(13-7-14-10)8-2-4-12-5-3-8/h2-7H,1H3. The first-order chi connectivity index (χ1) is 7.81. The molecule has 5 nitrogen and oxygen atoms in total. The highest BCUT2D eigenvalue weighted by Crippen LogP contribution is 2.15. The second-order valence-electron chi connectivity index (χ2n) is 3.02. The van der Waals surface area contributed by atoms with Crippen molar-refractivity contribution < 1.29 is 9.53 Å². The minimum absolute atomic E-state index is 0.240. The molecule has 2 heterocycles. The van der Waals surface area contributed by atoms with Gasteiger partial charge in [-0.1, -0.05) is 0 Å². The molecule has 0 radical (unpaired) electrons. The van der Waals surface area contributed by atoms with Crippen LogP contribution < -0.4 is 0 Å². The van der Waals surface area contributed by atoms with Crippen LogP contribution in [-0.2, 0) is 4.74 Å². The molecule has 0 saturated heterocycles. The molecule has 0 saturated carbocycles. The van der Waals surface area contributed by atoms with E-state index in [1.807, 2.05) is 12.1 Å². The van der Waals surface area contributed by atoms with Crippen LogP contribution in [-0.4, -0.2) is 28.0 Å². The second kappa shape index (κ2) is 4.48.